The summed E-state index contributed by atoms with van der Waals surface area (Å²) in [6, 6.07) is 6.71. The van der Waals surface area contributed by atoms with Gasteiger partial charge in [0.15, 0.2) is 5.01 Å². The molecule has 3 aromatic rings. The largest absolute Gasteiger partial charge is 0.378 e. The van der Waals surface area contributed by atoms with Crippen molar-refractivity contribution in [3.05, 3.63) is 44.3 Å². The number of benzene rings is 1. The van der Waals surface area contributed by atoms with Crippen LogP contribution in [0.1, 0.15) is 39.8 Å². The van der Waals surface area contributed by atoms with Crippen molar-refractivity contribution in [1.82, 2.24) is 29.0 Å². The van der Waals surface area contributed by atoms with E-state index >= 15 is 0 Å². The lowest BCUT2D eigenvalue weighted by atomic mass is 10.1. The van der Waals surface area contributed by atoms with Crippen molar-refractivity contribution in [1.29, 1.82) is 0 Å². The number of hydrogen-bond donors (Lipinski definition) is 1. The minimum atomic E-state index is -3.90. The van der Waals surface area contributed by atoms with Crippen LogP contribution in [0.15, 0.2) is 33.8 Å². The van der Waals surface area contributed by atoms with E-state index in [1.807, 2.05) is 18.2 Å². The fourth-order valence-corrected chi connectivity index (χ4v) is 8.79. The first kappa shape index (κ1) is 28.7. The monoisotopic (exact) mass is 664 g/mol. The molecule has 41 heavy (non-hydrogen) atoms. The van der Waals surface area contributed by atoms with Crippen molar-refractivity contribution >= 4 is 60.0 Å². The second-order valence-electron chi connectivity index (χ2n) is 10.8. The Morgan fingerprint density at radius 1 is 1.15 bits per heavy atom. The summed E-state index contributed by atoms with van der Waals surface area (Å²) in [7, 11) is -1.84. The van der Waals surface area contributed by atoms with Crippen LogP contribution < -0.4 is 0 Å². The minimum Gasteiger partial charge on any atom is -0.378 e. The number of sulfonamides is 1. The van der Waals surface area contributed by atoms with Crippen LogP contribution in [0.4, 0.5) is 0 Å². The van der Waals surface area contributed by atoms with E-state index in [1.54, 1.807) is 15.9 Å². The van der Waals surface area contributed by atoms with Gasteiger partial charge in [-0.25, -0.2) is 13.4 Å². The number of fused-ring (bicyclic) bond motifs is 2. The summed E-state index contributed by atoms with van der Waals surface area (Å²) in [5.74, 6) is -0.356. The zero-order valence-corrected chi connectivity index (χ0v) is 26.2. The molecule has 0 radical (unpaired) electrons. The van der Waals surface area contributed by atoms with Gasteiger partial charge in [0, 0.05) is 78.4 Å². The molecule has 2 saturated heterocycles. The molecule has 6 rings (SSSR count). The van der Waals surface area contributed by atoms with Crippen LogP contribution in [-0.2, 0) is 26.0 Å². The van der Waals surface area contributed by atoms with Gasteiger partial charge in [-0.15, -0.1) is 11.3 Å². The highest BCUT2D eigenvalue weighted by atomic mass is 79.9. The van der Waals surface area contributed by atoms with Crippen LogP contribution in [0.2, 0.25) is 0 Å². The average molecular weight is 666 g/mol. The average Bonchev–Trinajstić information content (AvgIpc) is 3.60. The number of nitrogens with zero attached hydrogens (tertiary/aromatic N) is 5. The lowest BCUT2D eigenvalue weighted by molar-refractivity contribution is -0.136. The van der Waals surface area contributed by atoms with Gasteiger partial charge in [-0.3, -0.25) is 14.5 Å². The van der Waals surface area contributed by atoms with E-state index in [9.17, 15) is 18.0 Å². The molecular weight excluding hydrogens is 632 g/mol. The highest BCUT2D eigenvalue weighted by molar-refractivity contribution is 9.10. The maximum Gasteiger partial charge on any atom is 0.283 e. The van der Waals surface area contributed by atoms with Crippen LogP contribution >= 0.6 is 27.3 Å². The summed E-state index contributed by atoms with van der Waals surface area (Å²) in [6.45, 7) is 5.20. The number of aromatic amines is 1. The second kappa shape index (κ2) is 11.4. The van der Waals surface area contributed by atoms with Gasteiger partial charge in [0.1, 0.15) is 5.03 Å². The number of carbonyl (C=O) groups is 2. The lowest BCUT2D eigenvalue weighted by Crippen LogP contribution is -2.58. The highest BCUT2D eigenvalue weighted by Crippen LogP contribution is 2.34. The zero-order valence-electron chi connectivity index (χ0n) is 23.0. The normalized spacial score (nSPS) is 22.7. The van der Waals surface area contributed by atoms with Gasteiger partial charge in [0.05, 0.1) is 24.9 Å². The summed E-state index contributed by atoms with van der Waals surface area (Å²) in [5.41, 5.74) is 1.67. The summed E-state index contributed by atoms with van der Waals surface area (Å²) in [5, 5.41) is 1.27. The van der Waals surface area contributed by atoms with Crippen LogP contribution in [0.3, 0.4) is 0 Å². The molecule has 2 fully saturated rings. The van der Waals surface area contributed by atoms with E-state index in [0.717, 1.165) is 33.4 Å². The predicted molar refractivity (Wildman–Crippen MR) is 158 cm³/mol. The molecule has 5 heterocycles. The van der Waals surface area contributed by atoms with Gasteiger partial charge in [-0.1, -0.05) is 15.9 Å². The molecule has 11 nitrogen and oxygen atoms in total. The Kier molecular flexibility index (Phi) is 7.98. The number of morpholine rings is 1. The number of likely N-dealkylation sites (N-methyl/N-ethyl adjacent to an activating group) is 1. The smallest absolute Gasteiger partial charge is 0.283 e. The van der Waals surface area contributed by atoms with Crippen LogP contribution in [0.25, 0.3) is 10.9 Å². The molecule has 3 aliphatic rings. The minimum absolute atomic E-state index is 0.0213. The first-order valence-electron chi connectivity index (χ1n) is 13.8. The predicted octanol–water partition coefficient (Wildman–Crippen LogP) is 2.70. The van der Waals surface area contributed by atoms with Crippen LogP contribution in [0.5, 0.6) is 0 Å². The van der Waals surface area contributed by atoms with Gasteiger partial charge in [0.2, 0.25) is 5.91 Å². The first-order chi connectivity index (χ1) is 19.6. The number of aromatic nitrogens is 2. The van der Waals surface area contributed by atoms with Crippen molar-refractivity contribution in [2.75, 3.05) is 59.5 Å². The molecule has 2 atom stereocenters. The number of thiazole rings is 1. The summed E-state index contributed by atoms with van der Waals surface area (Å²) in [6.07, 6.45) is 0.813. The fourth-order valence-electron chi connectivity index (χ4n) is 5.74. The Hall–Kier alpha value is -2.36. The molecular formula is C27H33BrN6O5S2. The molecule has 0 bridgehead atoms. The number of halogens is 1. The Balaban J connectivity index is 1.27. The van der Waals surface area contributed by atoms with Gasteiger partial charge in [-0.2, -0.15) is 4.31 Å². The van der Waals surface area contributed by atoms with E-state index < -0.39 is 16.1 Å². The number of rotatable bonds is 5. The third kappa shape index (κ3) is 5.57. The van der Waals surface area contributed by atoms with E-state index in [1.165, 1.54) is 15.6 Å². The maximum absolute atomic E-state index is 13.9. The van der Waals surface area contributed by atoms with Gasteiger partial charge in [-0.05, 0) is 38.2 Å². The maximum atomic E-state index is 13.9. The molecule has 3 aliphatic heterocycles. The van der Waals surface area contributed by atoms with Gasteiger partial charge in [0.25, 0.3) is 15.9 Å². The molecule has 0 aliphatic carbocycles. The Bertz CT molecular complexity index is 1580. The molecule has 1 N–H and O–H groups in total. The lowest BCUT2D eigenvalue weighted by Gasteiger charge is -2.41. The van der Waals surface area contributed by atoms with Crippen molar-refractivity contribution in [2.24, 2.45) is 0 Å². The van der Waals surface area contributed by atoms with Crippen LogP contribution in [-0.4, -0.2) is 115 Å². The highest BCUT2D eigenvalue weighted by Gasteiger charge is 2.40. The Morgan fingerprint density at radius 2 is 1.93 bits per heavy atom. The molecule has 2 amide bonds. The Labute approximate surface area is 251 Å². The van der Waals surface area contributed by atoms with Crippen molar-refractivity contribution in [2.45, 2.75) is 36.9 Å². The van der Waals surface area contributed by atoms with E-state index in [0.29, 0.717) is 36.8 Å². The molecule has 2 unspecified atom stereocenters. The molecule has 1 aromatic carbocycles. The zero-order chi connectivity index (χ0) is 28.9. The fraction of sp³-hybridized carbons (Fsp3) is 0.519. The molecule has 0 saturated carbocycles. The van der Waals surface area contributed by atoms with Crippen molar-refractivity contribution < 1.29 is 22.7 Å². The summed E-state index contributed by atoms with van der Waals surface area (Å²) >= 11 is 4.84. The number of nitrogens with one attached hydrogen (secondary N) is 1. The molecule has 14 heteroatoms. The first-order valence-corrected chi connectivity index (χ1v) is 16.8. The standard InChI is InChI=1S/C27H33BrN6O5S2/c1-17-25-22(5-6-31(17)2)30-26(40-25)27(36)34-8-7-33(16-20(34)15-24(35)32-9-11-39-12-10-32)41(37,38)23-14-18-13-19(28)3-4-21(18)29-23/h3-4,13-14,17,20,29H,5-12,15-16H2,1-2H3. The SMILES string of the molecule is CC1c2sc(C(=O)N3CCN(S(=O)(=O)c4cc5cc(Br)ccc5[nH]4)CC3CC(=O)N3CCOCC3)nc2CCN1C. The summed E-state index contributed by atoms with van der Waals surface area (Å²) in [4.78, 5) is 41.7. The number of ether oxygens (including phenoxy) is 1. The number of carbonyl (C=O) groups excluding carboxylic acids is 2. The van der Waals surface area contributed by atoms with Gasteiger partial charge < -0.3 is 19.5 Å². The van der Waals surface area contributed by atoms with E-state index in [-0.39, 0.29) is 48.9 Å². The number of amides is 2. The topological polar surface area (TPSA) is 119 Å². The Morgan fingerprint density at radius 3 is 2.71 bits per heavy atom. The van der Waals surface area contributed by atoms with E-state index in [4.69, 9.17) is 9.72 Å². The summed E-state index contributed by atoms with van der Waals surface area (Å²) < 4.78 is 35.2. The van der Waals surface area contributed by atoms with Crippen molar-refractivity contribution in [3.63, 3.8) is 0 Å². The van der Waals surface area contributed by atoms with Crippen LogP contribution in [0, 0.1) is 0 Å². The molecule has 220 valence electrons. The molecule has 2 aromatic heterocycles. The molecule has 0 spiro atoms. The third-order valence-corrected chi connectivity index (χ3v) is 11.8. The quantitative estimate of drug-likeness (QED) is 0.446. The number of H-pyrrole nitrogens is 1. The second-order valence-corrected chi connectivity index (χ2v) is 14.7. The van der Waals surface area contributed by atoms with E-state index in [2.05, 4.69) is 39.8 Å². The third-order valence-electron chi connectivity index (χ3n) is 8.31. The number of hydrogen-bond acceptors (Lipinski definition) is 8. The van der Waals surface area contributed by atoms with Gasteiger partial charge >= 0.3 is 0 Å². The number of piperazine rings is 1. The van der Waals surface area contributed by atoms with Crippen molar-refractivity contribution in [3.8, 4) is 0 Å².